The first-order valence-corrected chi connectivity index (χ1v) is 9.43. The number of furan rings is 2. The number of aryl methyl sites for hydroxylation is 1. The van der Waals surface area contributed by atoms with Crippen LogP contribution in [0.15, 0.2) is 62.9 Å². The Kier molecular flexibility index (Phi) is 5.54. The van der Waals surface area contributed by atoms with Crippen LogP contribution in [0.2, 0.25) is 0 Å². The number of rotatable bonds is 6. The van der Waals surface area contributed by atoms with E-state index in [4.69, 9.17) is 13.6 Å². The summed E-state index contributed by atoms with van der Waals surface area (Å²) in [6, 6.07) is 7.90. The van der Waals surface area contributed by atoms with Gasteiger partial charge in [-0.2, -0.15) is 5.10 Å². The van der Waals surface area contributed by atoms with Crippen LogP contribution in [0.4, 0.5) is 10.1 Å². The Morgan fingerprint density at radius 3 is 2.69 bits per heavy atom. The van der Waals surface area contributed by atoms with Gasteiger partial charge in [-0.15, -0.1) is 0 Å². The van der Waals surface area contributed by atoms with E-state index in [1.165, 1.54) is 19.5 Å². The third-order valence-corrected chi connectivity index (χ3v) is 4.84. The van der Waals surface area contributed by atoms with Crippen molar-refractivity contribution in [3.8, 4) is 0 Å². The van der Waals surface area contributed by atoms with Crippen LogP contribution < -0.4 is 0 Å². The maximum Gasteiger partial charge on any atom is 0.341 e. The number of hydrogen-bond acceptors (Lipinski definition) is 8. The van der Waals surface area contributed by atoms with Crippen molar-refractivity contribution in [2.75, 3.05) is 6.61 Å². The van der Waals surface area contributed by atoms with Crippen molar-refractivity contribution in [3.05, 3.63) is 87.5 Å². The molecule has 0 aliphatic carbocycles. The molecule has 0 saturated carbocycles. The molecule has 1 aromatic carbocycles. The zero-order valence-corrected chi connectivity index (χ0v) is 16.7. The molecule has 164 valence electrons. The first-order valence-electron chi connectivity index (χ1n) is 9.43. The first-order chi connectivity index (χ1) is 15.3. The van der Waals surface area contributed by atoms with Gasteiger partial charge < -0.3 is 13.6 Å². The Morgan fingerprint density at radius 2 is 2.03 bits per heavy atom. The predicted molar refractivity (Wildman–Crippen MR) is 106 cm³/mol. The van der Waals surface area contributed by atoms with Crippen LogP contribution in [0, 0.1) is 22.9 Å². The number of benzene rings is 1. The van der Waals surface area contributed by atoms with Crippen molar-refractivity contribution in [1.29, 1.82) is 0 Å². The summed E-state index contributed by atoms with van der Waals surface area (Å²) >= 11 is 0. The molecule has 0 unspecified atom stereocenters. The number of ether oxygens (including phenoxy) is 1. The van der Waals surface area contributed by atoms with Gasteiger partial charge in [-0.25, -0.2) is 14.2 Å². The van der Waals surface area contributed by atoms with Crippen molar-refractivity contribution in [2.45, 2.75) is 19.4 Å². The molecule has 4 rings (SSSR count). The molecule has 0 N–H and O–H groups in total. The number of nitro groups is 1. The largest absolute Gasteiger partial charge is 0.467 e. The van der Waals surface area contributed by atoms with Crippen LogP contribution in [-0.2, 0) is 9.53 Å². The van der Waals surface area contributed by atoms with Crippen molar-refractivity contribution in [2.24, 2.45) is 5.10 Å². The first kappa shape index (κ1) is 21.0. The lowest BCUT2D eigenvalue weighted by atomic mass is 10.1. The molecule has 0 bridgehead atoms. The second-order valence-corrected chi connectivity index (χ2v) is 6.96. The fourth-order valence-corrected chi connectivity index (χ4v) is 3.31. The summed E-state index contributed by atoms with van der Waals surface area (Å²) in [6.07, 6.45) is 3.23. The van der Waals surface area contributed by atoms with E-state index < -0.39 is 46.5 Å². The number of non-ortho nitro benzene ring substituents is 1. The maximum atomic E-state index is 14.3. The van der Waals surface area contributed by atoms with Gasteiger partial charge in [-0.3, -0.25) is 14.9 Å². The van der Waals surface area contributed by atoms with E-state index in [1.54, 1.807) is 24.3 Å². The summed E-state index contributed by atoms with van der Waals surface area (Å²) < 4.78 is 30.0. The number of hydrazone groups is 1. The highest BCUT2D eigenvalue weighted by molar-refractivity contribution is 6.01. The average molecular weight is 441 g/mol. The number of halogens is 1. The average Bonchev–Trinajstić information content (AvgIpc) is 3.53. The number of hydrogen-bond donors (Lipinski definition) is 0. The number of esters is 1. The molecule has 0 spiro atoms. The van der Waals surface area contributed by atoms with E-state index in [9.17, 15) is 24.1 Å². The minimum atomic E-state index is -1.20. The summed E-state index contributed by atoms with van der Waals surface area (Å²) in [7, 11) is 0. The molecule has 1 aliphatic heterocycles. The van der Waals surface area contributed by atoms with Crippen molar-refractivity contribution >= 4 is 23.3 Å². The highest BCUT2D eigenvalue weighted by atomic mass is 19.1. The highest BCUT2D eigenvalue weighted by Crippen LogP contribution is 2.33. The standard InChI is InChI=1S/C21H16FN3O7/c1-12-8-13(25(28)29)9-14(20(12)22)21(27)32-11-19(26)24-16(18-5-3-7-31-18)10-15(23-24)17-4-2-6-30-17/h2-9,16H,10-11H2,1H3/t16-/m1/s1. The Bertz CT molecular complexity index is 1200. The summed E-state index contributed by atoms with van der Waals surface area (Å²) in [5.74, 6) is -1.91. The molecule has 0 saturated heterocycles. The fourth-order valence-electron chi connectivity index (χ4n) is 3.31. The van der Waals surface area contributed by atoms with Crippen LogP contribution in [0.1, 0.15) is 39.9 Å². The minimum absolute atomic E-state index is 0.0948. The third-order valence-electron chi connectivity index (χ3n) is 4.84. The molecule has 32 heavy (non-hydrogen) atoms. The predicted octanol–water partition coefficient (Wildman–Crippen LogP) is 3.76. The van der Waals surface area contributed by atoms with Crippen LogP contribution in [0.25, 0.3) is 0 Å². The van der Waals surface area contributed by atoms with E-state index in [-0.39, 0.29) is 5.56 Å². The summed E-state index contributed by atoms with van der Waals surface area (Å²) in [4.78, 5) is 35.4. The Hall–Kier alpha value is -4.28. The monoisotopic (exact) mass is 441 g/mol. The topological polar surface area (TPSA) is 128 Å². The second kappa shape index (κ2) is 8.46. The van der Waals surface area contributed by atoms with E-state index in [1.807, 2.05) is 0 Å². The Labute approximate surface area is 180 Å². The van der Waals surface area contributed by atoms with Crippen molar-refractivity contribution < 1.29 is 32.5 Å². The molecule has 2 aromatic heterocycles. The number of nitrogens with zero attached hydrogens (tertiary/aromatic N) is 3. The van der Waals surface area contributed by atoms with Crippen molar-refractivity contribution in [1.82, 2.24) is 5.01 Å². The number of nitro benzene ring substituents is 1. The SMILES string of the molecule is Cc1cc([N+](=O)[O-])cc(C(=O)OCC(=O)N2N=C(c3ccco3)C[C@@H]2c2ccco2)c1F. The van der Waals surface area contributed by atoms with Crippen LogP contribution >= 0.6 is 0 Å². The lowest BCUT2D eigenvalue weighted by molar-refractivity contribution is -0.385. The zero-order chi connectivity index (χ0) is 22.8. The van der Waals surface area contributed by atoms with E-state index in [0.717, 1.165) is 17.1 Å². The summed E-state index contributed by atoms with van der Waals surface area (Å²) in [5, 5.41) is 16.4. The summed E-state index contributed by atoms with van der Waals surface area (Å²) in [5.41, 5.74) is -0.695. The molecule has 1 aliphatic rings. The number of amides is 1. The lowest BCUT2D eigenvalue weighted by Gasteiger charge is -2.19. The van der Waals surface area contributed by atoms with Gasteiger partial charge in [0.05, 0.1) is 17.4 Å². The van der Waals surface area contributed by atoms with Gasteiger partial charge in [0.15, 0.2) is 6.61 Å². The maximum absolute atomic E-state index is 14.3. The number of carbonyl (C=O) groups is 2. The molecule has 0 radical (unpaired) electrons. The van der Waals surface area contributed by atoms with Gasteiger partial charge in [-0.1, -0.05) is 0 Å². The van der Waals surface area contributed by atoms with Gasteiger partial charge in [0.2, 0.25) is 0 Å². The van der Waals surface area contributed by atoms with Gasteiger partial charge in [0, 0.05) is 18.6 Å². The molecule has 3 aromatic rings. The highest BCUT2D eigenvalue weighted by Gasteiger charge is 2.36. The second-order valence-electron chi connectivity index (χ2n) is 6.96. The third kappa shape index (κ3) is 4.00. The molecular formula is C21H16FN3O7. The molecule has 1 atom stereocenters. The molecule has 1 amide bonds. The van der Waals surface area contributed by atoms with E-state index in [2.05, 4.69) is 5.10 Å². The van der Waals surface area contributed by atoms with E-state index >= 15 is 0 Å². The molecule has 11 heteroatoms. The molecular weight excluding hydrogens is 425 g/mol. The minimum Gasteiger partial charge on any atom is -0.467 e. The quantitative estimate of drug-likeness (QED) is 0.323. The smallest absolute Gasteiger partial charge is 0.341 e. The fraction of sp³-hybridized carbons (Fsp3) is 0.190. The zero-order valence-electron chi connectivity index (χ0n) is 16.7. The van der Waals surface area contributed by atoms with Crippen LogP contribution in [0.3, 0.4) is 0 Å². The van der Waals surface area contributed by atoms with Gasteiger partial charge in [0.25, 0.3) is 11.6 Å². The van der Waals surface area contributed by atoms with Gasteiger partial charge in [0.1, 0.15) is 34.7 Å². The Balaban J connectivity index is 1.52. The molecule has 0 fully saturated rings. The van der Waals surface area contributed by atoms with Gasteiger partial charge in [-0.05, 0) is 36.8 Å². The van der Waals surface area contributed by atoms with Crippen LogP contribution in [-0.4, -0.2) is 34.1 Å². The van der Waals surface area contributed by atoms with E-state index in [0.29, 0.717) is 23.7 Å². The molecule has 10 nitrogen and oxygen atoms in total. The molecule has 3 heterocycles. The number of carbonyl (C=O) groups excluding carboxylic acids is 2. The lowest BCUT2D eigenvalue weighted by Crippen LogP contribution is -2.31. The van der Waals surface area contributed by atoms with Crippen molar-refractivity contribution in [3.63, 3.8) is 0 Å². The van der Waals surface area contributed by atoms with Crippen LogP contribution in [0.5, 0.6) is 0 Å². The summed E-state index contributed by atoms with van der Waals surface area (Å²) in [6.45, 7) is 0.527. The Morgan fingerprint density at radius 1 is 1.28 bits per heavy atom. The normalized spacial score (nSPS) is 15.5. The van der Waals surface area contributed by atoms with Gasteiger partial charge >= 0.3 is 5.97 Å².